The summed E-state index contributed by atoms with van der Waals surface area (Å²) in [6.45, 7) is 4.83. The smallest absolute Gasteiger partial charge is 0.324 e. The monoisotopic (exact) mass is 394 g/mol. The first kappa shape index (κ1) is 19.4. The Hall–Kier alpha value is -2.39. The quantitative estimate of drug-likeness (QED) is 0.163. The van der Waals surface area contributed by atoms with Crippen LogP contribution in [-0.2, 0) is 11.1 Å². The average Bonchev–Trinajstić information content (AvgIpc) is 2.55. The molecule has 2 aromatic heterocycles. The molecule has 0 saturated heterocycles. The van der Waals surface area contributed by atoms with Crippen molar-refractivity contribution in [3.8, 4) is 0 Å². The Kier molecular flexibility index (Phi) is 5.25. The molecule has 0 bridgehead atoms. The Labute approximate surface area is 153 Å². The second-order valence-electron chi connectivity index (χ2n) is 6.43. The van der Waals surface area contributed by atoms with E-state index in [-0.39, 0.29) is 18.2 Å². The van der Waals surface area contributed by atoms with Crippen molar-refractivity contribution in [3.05, 3.63) is 44.1 Å². The summed E-state index contributed by atoms with van der Waals surface area (Å²) in [4.78, 5) is 51.0. The van der Waals surface area contributed by atoms with E-state index in [9.17, 15) is 14.2 Å². The number of nitrogens with zero attached hydrogens (tertiary/aromatic N) is 2. The first-order valence-corrected chi connectivity index (χ1v) is 10.2. The Bertz CT molecular complexity index is 1180. The Balaban J connectivity index is 2.06. The van der Waals surface area contributed by atoms with Gasteiger partial charge in [-0.25, -0.2) is 14.3 Å². The van der Waals surface area contributed by atoms with Crippen LogP contribution >= 0.6 is 7.60 Å². The summed E-state index contributed by atoms with van der Waals surface area (Å²) in [6.07, 6.45) is -0.260. The van der Waals surface area contributed by atoms with Crippen LogP contribution in [0, 0.1) is 13.8 Å². The van der Waals surface area contributed by atoms with Gasteiger partial charge < -0.3 is 15.1 Å². The molecule has 0 amide bonds. The number of benzene rings is 1. The highest BCUT2D eigenvalue weighted by atomic mass is 31.2. The van der Waals surface area contributed by atoms with Gasteiger partial charge in [-0.1, -0.05) is 0 Å². The predicted molar refractivity (Wildman–Crippen MR) is 99.9 cm³/mol. The van der Waals surface area contributed by atoms with E-state index in [0.717, 1.165) is 16.6 Å². The second kappa shape index (κ2) is 7.32. The third-order valence-corrected chi connectivity index (χ3v) is 5.18. The molecule has 0 aliphatic heterocycles. The molecule has 0 aliphatic rings. The zero-order valence-corrected chi connectivity index (χ0v) is 15.8. The maximum Gasteiger partial charge on any atom is 0.413 e. The SMILES string of the molecule is Cc1cc2nc3c(=O)[nH]c(=O)[nH]c3[n+](CCNCCP(=O)(O)O)c2cc1C. The van der Waals surface area contributed by atoms with E-state index in [4.69, 9.17) is 9.79 Å². The van der Waals surface area contributed by atoms with Gasteiger partial charge in [-0.2, -0.15) is 4.98 Å². The average molecular weight is 394 g/mol. The second-order valence-corrected chi connectivity index (χ2v) is 8.21. The third kappa shape index (κ3) is 4.30. The Morgan fingerprint density at radius 2 is 1.85 bits per heavy atom. The fourth-order valence-corrected chi connectivity index (χ4v) is 3.32. The van der Waals surface area contributed by atoms with Gasteiger partial charge >= 0.3 is 18.9 Å². The van der Waals surface area contributed by atoms with Gasteiger partial charge in [-0.3, -0.25) is 14.3 Å². The molecule has 2 heterocycles. The summed E-state index contributed by atoms with van der Waals surface area (Å²) < 4.78 is 12.7. The lowest BCUT2D eigenvalue weighted by Gasteiger charge is -2.10. The number of hydrogen-bond acceptors (Lipinski definition) is 5. The van der Waals surface area contributed by atoms with Crippen LogP contribution in [0.4, 0.5) is 0 Å². The van der Waals surface area contributed by atoms with Gasteiger partial charge in [0, 0.05) is 13.1 Å². The summed E-state index contributed by atoms with van der Waals surface area (Å²) in [5.41, 5.74) is 2.68. The van der Waals surface area contributed by atoms with Gasteiger partial charge in [-0.15, -0.1) is 0 Å². The molecule has 3 aromatic rings. The third-order valence-electron chi connectivity index (χ3n) is 4.37. The van der Waals surface area contributed by atoms with Gasteiger partial charge in [0.1, 0.15) is 12.1 Å². The van der Waals surface area contributed by atoms with Crippen molar-refractivity contribution in [3.63, 3.8) is 0 Å². The fraction of sp³-hybridized carbons (Fsp3) is 0.375. The molecule has 144 valence electrons. The van der Waals surface area contributed by atoms with Crippen molar-refractivity contribution in [2.45, 2.75) is 20.4 Å². The summed E-state index contributed by atoms with van der Waals surface area (Å²) in [5.74, 6) is 0. The fourth-order valence-electron chi connectivity index (χ4n) is 2.87. The van der Waals surface area contributed by atoms with Crippen molar-refractivity contribution < 1.29 is 18.9 Å². The normalized spacial score (nSPS) is 12.1. The van der Waals surface area contributed by atoms with Gasteiger partial charge in [0.2, 0.25) is 5.52 Å². The minimum absolute atomic E-state index is 0.126. The maximum absolute atomic E-state index is 12.2. The van der Waals surface area contributed by atoms with Crippen LogP contribution in [-0.4, -0.2) is 44.0 Å². The molecular formula is C16H21N5O5P+. The van der Waals surface area contributed by atoms with E-state index in [0.29, 0.717) is 24.3 Å². The lowest BCUT2D eigenvalue weighted by Crippen LogP contribution is -2.44. The number of rotatable bonds is 6. The molecule has 0 radical (unpaired) electrons. The predicted octanol–water partition coefficient (Wildman–Crippen LogP) is -0.564. The molecule has 11 heteroatoms. The van der Waals surface area contributed by atoms with E-state index in [1.165, 1.54) is 0 Å². The molecule has 0 fully saturated rings. The highest BCUT2D eigenvalue weighted by molar-refractivity contribution is 7.51. The van der Waals surface area contributed by atoms with Gasteiger partial charge in [0.05, 0.1) is 6.16 Å². The number of nitrogens with one attached hydrogen (secondary N) is 3. The number of H-pyrrole nitrogens is 2. The molecule has 5 N–H and O–H groups in total. The highest BCUT2D eigenvalue weighted by Gasteiger charge is 2.19. The summed E-state index contributed by atoms with van der Waals surface area (Å²) in [5, 5.41) is 2.96. The Morgan fingerprint density at radius 1 is 1.15 bits per heavy atom. The van der Waals surface area contributed by atoms with E-state index >= 15 is 0 Å². The van der Waals surface area contributed by atoms with Crippen LogP contribution in [0.3, 0.4) is 0 Å². The Morgan fingerprint density at radius 3 is 2.56 bits per heavy atom. The number of hydrogen-bond donors (Lipinski definition) is 5. The van der Waals surface area contributed by atoms with Crippen molar-refractivity contribution in [1.82, 2.24) is 20.3 Å². The zero-order chi connectivity index (χ0) is 19.8. The molecule has 0 saturated carbocycles. The molecule has 0 spiro atoms. The zero-order valence-electron chi connectivity index (χ0n) is 14.9. The standard InChI is InChI=1S/C16H20N5O5P/c1-9-7-11-12(8-10(9)2)21(5-3-17-4-6-27(24,25)26)14-13(18-11)15(22)20-16(23)19-14/h7-8,17H,3-6H2,1-2H3,(H3,20,22,23,24,25,26)/p+1. The topological polar surface area (TPSA) is 152 Å². The molecule has 3 rings (SSSR count). The van der Waals surface area contributed by atoms with Crippen LogP contribution in [0.5, 0.6) is 0 Å². The number of aryl methyl sites for hydroxylation is 2. The first-order valence-electron chi connectivity index (χ1n) is 8.38. The van der Waals surface area contributed by atoms with Crippen molar-refractivity contribution >= 4 is 29.8 Å². The maximum atomic E-state index is 12.2. The lowest BCUT2D eigenvalue weighted by molar-refractivity contribution is -0.645. The highest BCUT2D eigenvalue weighted by Crippen LogP contribution is 2.32. The van der Waals surface area contributed by atoms with Crippen LogP contribution in [0.25, 0.3) is 22.2 Å². The minimum Gasteiger partial charge on any atom is -0.324 e. The molecular weight excluding hydrogens is 373 g/mol. The minimum atomic E-state index is -4.05. The lowest BCUT2D eigenvalue weighted by atomic mass is 10.1. The van der Waals surface area contributed by atoms with Gasteiger partial charge in [-0.05, 0) is 37.1 Å². The van der Waals surface area contributed by atoms with E-state index < -0.39 is 18.8 Å². The van der Waals surface area contributed by atoms with Crippen LogP contribution < -0.4 is 21.1 Å². The molecule has 0 atom stereocenters. The van der Waals surface area contributed by atoms with Crippen molar-refractivity contribution in [1.29, 1.82) is 0 Å². The van der Waals surface area contributed by atoms with Crippen LogP contribution in [0.15, 0.2) is 21.7 Å². The van der Waals surface area contributed by atoms with E-state index in [2.05, 4.69) is 20.3 Å². The van der Waals surface area contributed by atoms with Crippen molar-refractivity contribution in [2.24, 2.45) is 0 Å². The van der Waals surface area contributed by atoms with Crippen LogP contribution in [0.2, 0.25) is 0 Å². The molecule has 0 unspecified atom stereocenters. The van der Waals surface area contributed by atoms with Crippen molar-refractivity contribution in [2.75, 3.05) is 19.3 Å². The summed E-state index contributed by atoms with van der Waals surface area (Å²) in [6, 6.07) is 3.82. The summed E-state index contributed by atoms with van der Waals surface area (Å²) in [7, 11) is -4.05. The van der Waals surface area contributed by atoms with E-state index in [1.807, 2.05) is 26.0 Å². The first-order chi connectivity index (χ1) is 12.7. The number of fused-ring (bicyclic) bond motifs is 2. The van der Waals surface area contributed by atoms with Gasteiger partial charge in [0.15, 0.2) is 5.52 Å². The molecule has 27 heavy (non-hydrogen) atoms. The van der Waals surface area contributed by atoms with Crippen LogP contribution in [0.1, 0.15) is 11.1 Å². The molecule has 1 aromatic carbocycles. The number of aromatic nitrogens is 4. The molecule has 0 aliphatic carbocycles. The molecule has 10 nitrogen and oxygen atoms in total. The largest absolute Gasteiger partial charge is 0.413 e. The van der Waals surface area contributed by atoms with Gasteiger partial charge in [0.25, 0.3) is 5.56 Å². The van der Waals surface area contributed by atoms with E-state index in [1.54, 1.807) is 4.57 Å². The number of aromatic amines is 2. The summed E-state index contributed by atoms with van der Waals surface area (Å²) >= 11 is 0.